The molecule has 0 atom stereocenters. The van der Waals surface area contributed by atoms with Crippen molar-refractivity contribution >= 4 is 22.1 Å². The summed E-state index contributed by atoms with van der Waals surface area (Å²) in [5, 5.41) is 6.43. The second kappa shape index (κ2) is 4.86. The van der Waals surface area contributed by atoms with Crippen LogP contribution >= 0.6 is 12.2 Å². The molecule has 0 aliphatic heterocycles. The van der Waals surface area contributed by atoms with Crippen molar-refractivity contribution in [1.82, 2.24) is 14.8 Å². The van der Waals surface area contributed by atoms with E-state index >= 15 is 0 Å². The highest BCUT2D eigenvalue weighted by Crippen LogP contribution is 2.03. The van der Waals surface area contributed by atoms with E-state index in [1.54, 1.807) is 11.7 Å². The van der Waals surface area contributed by atoms with Gasteiger partial charge in [0.25, 0.3) is 0 Å². The van der Waals surface area contributed by atoms with Crippen LogP contribution < -0.4 is 0 Å². The number of aromatic amines is 1. The van der Waals surface area contributed by atoms with E-state index in [-0.39, 0.29) is 5.75 Å². The van der Waals surface area contributed by atoms with Crippen molar-refractivity contribution in [3.05, 3.63) is 10.6 Å². The van der Waals surface area contributed by atoms with Gasteiger partial charge in [0.2, 0.25) is 0 Å². The fourth-order valence-corrected chi connectivity index (χ4v) is 2.04. The minimum atomic E-state index is -3.10. The van der Waals surface area contributed by atoms with Gasteiger partial charge in [-0.3, -0.25) is 5.10 Å². The van der Waals surface area contributed by atoms with E-state index < -0.39 is 9.84 Å². The van der Waals surface area contributed by atoms with Crippen molar-refractivity contribution in [2.45, 2.75) is 12.3 Å². The molecule has 0 bridgehead atoms. The average molecular weight is 251 g/mol. The number of hydrogen-bond donors (Lipinski definition) is 1. The predicted molar refractivity (Wildman–Crippen MR) is 57.8 cm³/mol. The minimum Gasteiger partial charge on any atom is -0.383 e. The van der Waals surface area contributed by atoms with Crippen LogP contribution in [0.3, 0.4) is 0 Å². The zero-order valence-corrected chi connectivity index (χ0v) is 10.2. The van der Waals surface area contributed by atoms with E-state index in [2.05, 4.69) is 10.2 Å². The topological polar surface area (TPSA) is 77.0 Å². The first-order valence-corrected chi connectivity index (χ1v) is 6.71. The normalized spacial score (nSPS) is 11.9. The summed E-state index contributed by atoms with van der Waals surface area (Å²) in [7, 11) is -1.53. The molecule has 0 fully saturated rings. The summed E-state index contributed by atoms with van der Waals surface area (Å²) < 4.78 is 29.1. The highest BCUT2D eigenvalue weighted by atomic mass is 32.2. The largest absolute Gasteiger partial charge is 0.383 e. The molecule has 0 radical (unpaired) electrons. The predicted octanol–water partition coefficient (Wildman–Crippen LogP) is 0.132. The first-order valence-electron chi connectivity index (χ1n) is 4.25. The first kappa shape index (κ1) is 12.3. The van der Waals surface area contributed by atoms with E-state index in [0.29, 0.717) is 23.7 Å². The van der Waals surface area contributed by atoms with E-state index in [9.17, 15) is 8.42 Å². The maximum Gasteiger partial charge on any atom is 0.195 e. The summed E-state index contributed by atoms with van der Waals surface area (Å²) in [6.07, 6.45) is 1.16. The quantitative estimate of drug-likeness (QED) is 0.753. The molecule has 0 aliphatic rings. The molecule has 0 saturated carbocycles. The van der Waals surface area contributed by atoms with Crippen molar-refractivity contribution < 1.29 is 13.2 Å². The molecule has 8 heteroatoms. The number of rotatable bonds is 5. The van der Waals surface area contributed by atoms with Crippen LogP contribution in [0.1, 0.15) is 5.82 Å². The molecular weight excluding hydrogens is 238 g/mol. The Balaban J connectivity index is 2.93. The van der Waals surface area contributed by atoms with Gasteiger partial charge < -0.3 is 9.30 Å². The van der Waals surface area contributed by atoms with Gasteiger partial charge in [0, 0.05) is 13.4 Å². The zero-order chi connectivity index (χ0) is 11.5. The summed E-state index contributed by atoms with van der Waals surface area (Å²) in [6.45, 7) is 0.960. The zero-order valence-electron chi connectivity index (χ0n) is 8.56. The van der Waals surface area contributed by atoms with Gasteiger partial charge in [0.1, 0.15) is 11.6 Å². The number of aromatic nitrogens is 3. The minimum absolute atomic E-state index is 0.121. The van der Waals surface area contributed by atoms with Crippen LogP contribution in [0.2, 0.25) is 0 Å². The molecule has 1 aromatic rings. The lowest BCUT2D eigenvalue weighted by Gasteiger charge is -2.04. The van der Waals surface area contributed by atoms with Crippen molar-refractivity contribution in [3.8, 4) is 0 Å². The molecule has 0 aliphatic carbocycles. The summed E-state index contributed by atoms with van der Waals surface area (Å²) >= 11 is 4.97. The monoisotopic (exact) mass is 251 g/mol. The van der Waals surface area contributed by atoms with E-state index in [1.807, 2.05) is 0 Å². The standard InChI is InChI=1S/C7H13N3O3S2/c1-13-4-3-10-6(5-15(2,11)12)8-9-7(10)14/h3-5H2,1-2H3,(H,9,14). The fourth-order valence-electron chi connectivity index (χ4n) is 1.11. The molecule has 1 heterocycles. The lowest BCUT2D eigenvalue weighted by Crippen LogP contribution is -2.12. The second-order valence-electron chi connectivity index (χ2n) is 3.16. The Labute approximate surface area is 93.2 Å². The van der Waals surface area contributed by atoms with Crippen LogP contribution in [0, 0.1) is 4.77 Å². The van der Waals surface area contributed by atoms with Crippen LogP contribution in [0.25, 0.3) is 0 Å². The Morgan fingerprint density at radius 2 is 2.27 bits per heavy atom. The maximum absolute atomic E-state index is 11.1. The van der Waals surface area contributed by atoms with E-state index in [4.69, 9.17) is 17.0 Å². The number of hydrogen-bond acceptors (Lipinski definition) is 5. The second-order valence-corrected chi connectivity index (χ2v) is 5.69. The lowest BCUT2D eigenvalue weighted by molar-refractivity contribution is 0.186. The highest BCUT2D eigenvalue weighted by Gasteiger charge is 2.12. The Morgan fingerprint density at radius 1 is 1.60 bits per heavy atom. The smallest absolute Gasteiger partial charge is 0.195 e. The molecule has 1 rings (SSSR count). The molecule has 0 spiro atoms. The van der Waals surface area contributed by atoms with Gasteiger partial charge in [-0.15, -0.1) is 0 Å². The third-order valence-electron chi connectivity index (χ3n) is 1.75. The van der Waals surface area contributed by atoms with Crippen LogP contribution in [-0.4, -0.2) is 43.2 Å². The molecule has 0 amide bonds. The molecule has 1 aromatic heterocycles. The molecular formula is C7H13N3O3S2. The van der Waals surface area contributed by atoms with Crippen molar-refractivity contribution in [2.24, 2.45) is 0 Å². The summed E-state index contributed by atoms with van der Waals surface area (Å²) in [6, 6.07) is 0. The van der Waals surface area contributed by atoms with Gasteiger partial charge in [0.15, 0.2) is 14.6 Å². The van der Waals surface area contributed by atoms with Gasteiger partial charge in [-0.25, -0.2) is 8.42 Å². The number of methoxy groups -OCH3 is 1. The Morgan fingerprint density at radius 3 is 2.80 bits per heavy atom. The van der Waals surface area contributed by atoms with Crippen molar-refractivity contribution in [2.75, 3.05) is 20.0 Å². The van der Waals surface area contributed by atoms with Crippen LogP contribution in [0.5, 0.6) is 0 Å². The van der Waals surface area contributed by atoms with E-state index in [1.165, 1.54) is 0 Å². The molecule has 15 heavy (non-hydrogen) atoms. The molecule has 86 valence electrons. The highest BCUT2D eigenvalue weighted by molar-refractivity contribution is 7.89. The van der Waals surface area contributed by atoms with Crippen molar-refractivity contribution in [1.29, 1.82) is 0 Å². The number of nitrogens with one attached hydrogen (secondary N) is 1. The number of H-pyrrole nitrogens is 1. The Kier molecular flexibility index (Phi) is 4.00. The third kappa shape index (κ3) is 3.73. The maximum atomic E-state index is 11.1. The Bertz CT molecular complexity index is 474. The molecule has 0 saturated heterocycles. The molecule has 6 nitrogen and oxygen atoms in total. The first-order chi connectivity index (χ1) is 6.94. The lowest BCUT2D eigenvalue weighted by atomic mass is 10.6. The van der Waals surface area contributed by atoms with Gasteiger partial charge in [-0.05, 0) is 12.2 Å². The third-order valence-corrected chi connectivity index (χ3v) is 2.84. The van der Waals surface area contributed by atoms with Gasteiger partial charge in [-0.2, -0.15) is 5.10 Å². The number of ether oxygens (including phenoxy) is 1. The number of nitrogens with zero attached hydrogens (tertiary/aromatic N) is 2. The molecule has 0 aromatic carbocycles. The van der Waals surface area contributed by atoms with Crippen LogP contribution in [-0.2, 0) is 26.9 Å². The molecule has 0 unspecified atom stereocenters. The summed E-state index contributed by atoms with van der Waals surface area (Å²) in [4.78, 5) is 0. The Hall–Kier alpha value is -0.730. The van der Waals surface area contributed by atoms with Crippen molar-refractivity contribution in [3.63, 3.8) is 0 Å². The van der Waals surface area contributed by atoms with Gasteiger partial charge in [-0.1, -0.05) is 0 Å². The van der Waals surface area contributed by atoms with Crippen LogP contribution in [0.15, 0.2) is 0 Å². The number of sulfone groups is 1. The van der Waals surface area contributed by atoms with Crippen LogP contribution in [0.4, 0.5) is 0 Å². The summed E-state index contributed by atoms with van der Waals surface area (Å²) in [5.74, 6) is 0.295. The summed E-state index contributed by atoms with van der Waals surface area (Å²) in [5.41, 5.74) is 0. The van der Waals surface area contributed by atoms with Gasteiger partial charge >= 0.3 is 0 Å². The van der Waals surface area contributed by atoms with Gasteiger partial charge in [0.05, 0.1) is 13.2 Å². The average Bonchev–Trinajstić information content (AvgIpc) is 2.42. The molecule has 1 N–H and O–H groups in total. The SMILES string of the molecule is COCCn1c(CS(C)(=O)=O)n[nH]c1=S. The fraction of sp³-hybridized carbons (Fsp3) is 0.714. The van der Waals surface area contributed by atoms with E-state index in [0.717, 1.165) is 6.26 Å².